The fraction of sp³-hybridized carbons (Fsp3) is 0. The molecule has 0 aromatic heterocycles. The van der Waals surface area contributed by atoms with Crippen LogP contribution in [0.4, 0.5) is 0 Å². The van der Waals surface area contributed by atoms with Gasteiger partial charge in [0.05, 0.1) is 0 Å². The standard InChI is InChI=1S/C4H6.C3H4N2/c1-3-4-2;1-3(5)2-4/h3-4H,1-2H2;1,5H2. The lowest BCUT2D eigenvalue weighted by atomic mass is 10.6. The van der Waals surface area contributed by atoms with Crippen molar-refractivity contribution in [2.75, 3.05) is 0 Å². The fourth-order valence-electron chi connectivity index (χ4n) is 0. The van der Waals surface area contributed by atoms with Crippen LogP contribution in [-0.2, 0) is 0 Å². The van der Waals surface area contributed by atoms with Crippen molar-refractivity contribution in [1.29, 1.82) is 5.26 Å². The molecule has 9 heavy (non-hydrogen) atoms. The molecular formula is C7H10N2. The normalized spacial score (nSPS) is 5.22. The Morgan fingerprint density at radius 3 is 1.67 bits per heavy atom. The number of rotatable bonds is 1. The van der Waals surface area contributed by atoms with Crippen LogP contribution in [0.15, 0.2) is 37.6 Å². The zero-order chi connectivity index (χ0) is 7.70. The highest BCUT2D eigenvalue weighted by Crippen LogP contribution is 1.60. The third-order valence-electron chi connectivity index (χ3n) is 0.310. The largest absolute Gasteiger partial charge is 0.391 e. The zero-order valence-corrected chi connectivity index (χ0v) is 5.30. The van der Waals surface area contributed by atoms with Gasteiger partial charge in [-0.1, -0.05) is 31.9 Å². The predicted molar refractivity (Wildman–Crippen MR) is 39.3 cm³/mol. The molecule has 0 bridgehead atoms. The number of nitriles is 1. The summed E-state index contributed by atoms with van der Waals surface area (Å²) < 4.78 is 0. The Bertz CT molecular complexity index is 133. The summed E-state index contributed by atoms with van der Waals surface area (Å²) in [6.45, 7) is 9.81. The maximum absolute atomic E-state index is 7.67. The third-order valence-corrected chi connectivity index (χ3v) is 0.310. The quantitative estimate of drug-likeness (QED) is 0.421. The van der Waals surface area contributed by atoms with E-state index in [2.05, 4.69) is 19.7 Å². The van der Waals surface area contributed by atoms with Crippen LogP contribution in [0.2, 0.25) is 0 Å². The van der Waals surface area contributed by atoms with E-state index in [0.717, 1.165) is 0 Å². The van der Waals surface area contributed by atoms with E-state index in [0.29, 0.717) is 0 Å². The van der Waals surface area contributed by atoms with Gasteiger partial charge in [0.15, 0.2) is 0 Å². The average molecular weight is 122 g/mol. The molecule has 0 saturated heterocycles. The topological polar surface area (TPSA) is 49.8 Å². The molecule has 2 nitrogen and oxygen atoms in total. The van der Waals surface area contributed by atoms with Gasteiger partial charge >= 0.3 is 0 Å². The van der Waals surface area contributed by atoms with Crippen molar-refractivity contribution in [1.82, 2.24) is 0 Å². The van der Waals surface area contributed by atoms with Crippen molar-refractivity contribution in [3.8, 4) is 6.07 Å². The molecular weight excluding hydrogens is 112 g/mol. The minimum absolute atomic E-state index is 0.0602. The second kappa shape index (κ2) is 9.72. The molecule has 48 valence electrons. The Kier molecular flexibility index (Phi) is 11.3. The van der Waals surface area contributed by atoms with Gasteiger partial charge < -0.3 is 5.73 Å². The van der Waals surface area contributed by atoms with Crippen molar-refractivity contribution in [3.63, 3.8) is 0 Å². The molecule has 0 saturated carbocycles. The molecule has 0 fully saturated rings. The first-order chi connectivity index (χ1) is 4.18. The minimum atomic E-state index is 0.0602. The number of nitrogens with zero attached hydrogens (tertiary/aromatic N) is 1. The summed E-state index contributed by atoms with van der Waals surface area (Å²) in [6, 6.07) is 1.61. The lowest BCUT2D eigenvalue weighted by Gasteiger charge is -1.65. The minimum Gasteiger partial charge on any atom is -0.391 e. The highest BCUT2D eigenvalue weighted by Gasteiger charge is 1.64. The highest BCUT2D eigenvalue weighted by molar-refractivity contribution is 5.09. The molecule has 2 N–H and O–H groups in total. The van der Waals surface area contributed by atoms with Crippen LogP contribution in [0, 0.1) is 11.3 Å². The first-order valence-corrected chi connectivity index (χ1v) is 2.27. The number of hydrogen-bond acceptors (Lipinski definition) is 2. The van der Waals surface area contributed by atoms with Crippen molar-refractivity contribution in [2.45, 2.75) is 0 Å². The van der Waals surface area contributed by atoms with E-state index in [4.69, 9.17) is 11.0 Å². The molecule has 0 atom stereocenters. The van der Waals surface area contributed by atoms with E-state index >= 15 is 0 Å². The first kappa shape index (κ1) is 10.5. The first-order valence-electron chi connectivity index (χ1n) is 2.27. The number of hydrogen-bond donors (Lipinski definition) is 1. The van der Waals surface area contributed by atoms with Gasteiger partial charge in [0.2, 0.25) is 0 Å². The molecule has 0 aromatic rings. The molecule has 0 unspecified atom stereocenters. The smallest absolute Gasteiger partial charge is 0.116 e. The molecule has 0 aromatic carbocycles. The van der Waals surface area contributed by atoms with Crippen LogP contribution in [0.5, 0.6) is 0 Å². The van der Waals surface area contributed by atoms with Gasteiger partial charge in [-0.3, -0.25) is 0 Å². The molecule has 0 aliphatic carbocycles. The Labute approximate surface area is 55.6 Å². The Morgan fingerprint density at radius 2 is 1.67 bits per heavy atom. The van der Waals surface area contributed by atoms with Crippen LogP contribution < -0.4 is 5.73 Å². The van der Waals surface area contributed by atoms with Gasteiger partial charge in [-0.2, -0.15) is 5.26 Å². The van der Waals surface area contributed by atoms with Crippen molar-refractivity contribution in [2.24, 2.45) is 5.73 Å². The Balaban J connectivity index is 0. The molecule has 0 aliphatic rings. The SMILES string of the molecule is C=C(N)C#N.C=CC=C. The summed E-state index contributed by atoms with van der Waals surface area (Å²) in [7, 11) is 0. The van der Waals surface area contributed by atoms with Gasteiger partial charge in [-0.15, -0.1) is 0 Å². The number of allylic oxidation sites excluding steroid dienone is 3. The van der Waals surface area contributed by atoms with Crippen LogP contribution in [0.3, 0.4) is 0 Å². The van der Waals surface area contributed by atoms with Crippen LogP contribution in [0.1, 0.15) is 0 Å². The van der Waals surface area contributed by atoms with Gasteiger partial charge in [0.1, 0.15) is 11.8 Å². The molecule has 2 heteroatoms. The lowest BCUT2D eigenvalue weighted by Crippen LogP contribution is -1.86. The fourth-order valence-corrected chi connectivity index (χ4v) is 0. The van der Waals surface area contributed by atoms with E-state index in [1.807, 2.05) is 0 Å². The van der Waals surface area contributed by atoms with Crippen LogP contribution in [0.25, 0.3) is 0 Å². The van der Waals surface area contributed by atoms with E-state index in [-0.39, 0.29) is 5.70 Å². The highest BCUT2D eigenvalue weighted by atomic mass is 14.6. The molecule has 0 rings (SSSR count). The van der Waals surface area contributed by atoms with Crippen LogP contribution >= 0.6 is 0 Å². The summed E-state index contributed by atoms with van der Waals surface area (Å²) in [5.74, 6) is 0. The van der Waals surface area contributed by atoms with E-state index in [1.165, 1.54) is 0 Å². The second-order valence-corrected chi connectivity index (χ2v) is 1.11. The summed E-state index contributed by atoms with van der Waals surface area (Å²) in [6.07, 6.45) is 3.28. The van der Waals surface area contributed by atoms with Gasteiger partial charge in [-0.25, -0.2) is 0 Å². The Morgan fingerprint density at radius 1 is 1.44 bits per heavy atom. The number of nitrogens with two attached hydrogens (primary N) is 1. The van der Waals surface area contributed by atoms with Crippen molar-refractivity contribution >= 4 is 0 Å². The zero-order valence-electron chi connectivity index (χ0n) is 5.30. The average Bonchev–Trinajstić information content (AvgIpc) is 1.89. The maximum Gasteiger partial charge on any atom is 0.116 e. The summed E-state index contributed by atoms with van der Waals surface area (Å²) >= 11 is 0. The van der Waals surface area contributed by atoms with Crippen molar-refractivity contribution in [3.05, 3.63) is 37.6 Å². The molecule has 0 spiro atoms. The maximum atomic E-state index is 7.67. The predicted octanol–water partition coefficient (Wildman–Crippen LogP) is 1.34. The molecule has 0 aliphatic heterocycles. The van der Waals surface area contributed by atoms with Gasteiger partial charge in [0, 0.05) is 0 Å². The molecule has 0 amide bonds. The Hall–Kier alpha value is -1.49. The summed E-state index contributed by atoms with van der Waals surface area (Å²) in [5, 5.41) is 7.67. The monoisotopic (exact) mass is 122 g/mol. The third kappa shape index (κ3) is 58.1. The summed E-state index contributed by atoms with van der Waals surface area (Å²) in [5.41, 5.74) is 4.80. The van der Waals surface area contributed by atoms with Gasteiger partial charge in [0.25, 0.3) is 0 Å². The second-order valence-electron chi connectivity index (χ2n) is 1.11. The van der Waals surface area contributed by atoms with Gasteiger partial charge in [-0.05, 0) is 0 Å². The summed E-state index contributed by atoms with van der Waals surface area (Å²) in [4.78, 5) is 0. The molecule has 0 radical (unpaired) electrons. The molecule has 0 heterocycles. The van der Waals surface area contributed by atoms with Crippen LogP contribution in [-0.4, -0.2) is 0 Å². The van der Waals surface area contributed by atoms with Crippen molar-refractivity contribution < 1.29 is 0 Å². The van der Waals surface area contributed by atoms with E-state index in [1.54, 1.807) is 18.2 Å². The van der Waals surface area contributed by atoms with E-state index < -0.39 is 0 Å². The van der Waals surface area contributed by atoms with E-state index in [9.17, 15) is 0 Å². The lowest BCUT2D eigenvalue weighted by molar-refractivity contribution is 1.41.